The second-order valence-corrected chi connectivity index (χ2v) is 6.80. The zero-order valence-electron chi connectivity index (χ0n) is 12.4. The summed E-state index contributed by atoms with van der Waals surface area (Å²) < 4.78 is 33.1. The Morgan fingerprint density at radius 1 is 1.33 bits per heavy atom. The van der Waals surface area contributed by atoms with Gasteiger partial charge in [-0.15, -0.1) is 0 Å². The maximum Gasteiger partial charge on any atom is 0.342 e. The van der Waals surface area contributed by atoms with Crippen LogP contribution in [0.3, 0.4) is 0 Å². The van der Waals surface area contributed by atoms with Crippen molar-refractivity contribution in [2.24, 2.45) is 0 Å². The minimum Gasteiger partial charge on any atom is -0.462 e. The molecule has 0 radical (unpaired) electrons. The van der Waals surface area contributed by atoms with Gasteiger partial charge in [0.05, 0.1) is 6.61 Å². The van der Waals surface area contributed by atoms with Crippen molar-refractivity contribution in [3.8, 4) is 0 Å². The molecular weight excluding hydrogens is 294 g/mol. The normalized spacial score (nSPS) is 16.3. The molecule has 1 aromatic heterocycles. The number of ether oxygens (including phenoxy) is 1. The van der Waals surface area contributed by atoms with Crippen LogP contribution in [-0.2, 0) is 21.3 Å². The molecule has 0 amide bonds. The fourth-order valence-electron chi connectivity index (χ4n) is 2.34. The molecule has 1 aliphatic rings. The van der Waals surface area contributed by atoms with Gasteiger partial charge in [-0.2, -0.15) is 9.40 Å². The van der Waals surface area contributed by atoms with E-state index >= 15 is 0 Å². The SMILES string of the molecule is CCCn1cc(C(=O)OCC)c(S(=O)(=O)N2CCCC2)n1. The van der Waals surface area contributed by atoms with Crippen LogP contribution >= 0.6 is 0 Å². The molecule has 0 spiro atoms. The number of esters is 1. The van der Waals surface area contributed by atoms with Gasteiger partial charge in [-0.3, -0.25) is 4.68 Å². The number of hydrogen-bond acceptors (Lipinski definition) is 5. The van der Waals surface area contributed by atoms with Crippen LogP contribution in [0.25, 0.3) is 0 Å². The Hall–Kier alpha value is -1.41. The second-order valence-electron chi connectivity index (χ2n) is 4.94. The fourth-order valence-corrected chi connectivity index (χ4v) is 3.94. The monoisotopic (exact) mass is 315 g/mol. The van der Waals surface area contributed by atoms with E-state index in [2.05, 4.69) is 5.10 Å². The van der Waals surface area contributed by atoms with Crippen molar-refractivity contribution in [3.63, 3.8) is 0 Å². The van der Waals surface area contributed by atoms with Crippen LogP contribution in [0.5, 0.6) is 0 Å². The number of carbonyl (C=O) groups excluding carboxylic acids is 1. The smallest absolute Gasteiger partial charge is 0.342 e. The highest BCUT2D eigenvalue weighted by atomic mass is 32.2. The standard InChI is InChI=1S/C13H21N3O4S/c1-3-7-15-10-11(13(17)20-4-2)12(14-15)21(18,19)16-8-5-6-9-16/h10H,3-9H2,1-2H3. The molecule has 1 fully saturated rings. The third-order valence-electron chi connectivity index (χ3n) is 3.33. The van der Waals surface area contributed by atoms with E-state index in [4.69, 9.17) is 4.74 Å². The maximum atomic E-state index is 12.6. The van der Waals surface area contributed by atoms with Gasteiger partial charge >= 0.3 is 5.97 Å². The summed E-state index contributed by atoms with van der Waals surface area (Å²) in [6.07, 6.45) is 3.94. The highest BCUT2D eigenvalue weighted by molar-refractivity contribution is 7.89. The van der Waals surface area contributed by atoms with Crippen molar-refractivity contribution >= 4 is 16.0 Å². The van der Waals surface area contributed by atoms with Gasteiger partial charge in [0.1, 0.15) is 5.56 Å². The summed E-state index contributed by atoms with van der Waals surface area (Å²) in [5.74, 6) is -0.641. The van der Waals surface area contributed by atoms with Gasteiger partial charge in [0.15, 0.2) is 0 Å². The van der Waals surface area contributed by atoms with Crippen molar-refractivity contribution in [2.45, 2.75) is 44.7 Å². The summed E-state index contributed by atoms with van der Waals surface area (Å²) in [6, 6.07) is 0. The molecule has 0 unspecified atom stereocenters. The summed E-state index contributed by atoms with van der Waals surface area (Å²) in [4.78, 5) is 12.0. The predicted octanol–water partition coefficient (Wildman–Crippen LogP) is 1.25. The van der Waals surface area contributed by atoms with Crippen molar-refractivity contribution in [3.05, 3.63) is 11.8 Å². The van der Waals surface area contributed by atoms with Crippen molar-refractivity contribution in [1.82, 2.24) is 14.1 Å². The first-order chi connectivity index (χ1) is 10.0. The Bertz CT molecular complexity index is 603. The van der Waals surface area contributed by atoms with Gasteiger partial charge < -0.3 is 4.74 Å². The topological polar surface area (TPSA) is 81.5 Å². The van der Waals surface area contributed by atoms with Crippen molar-refractivity contribution in [2.75, 3.05) is 19.7 Å². The first kappa shape index (κ1) is 16.0. The van der Waals surface area contributed by atoms with Crippen LogP contribution in [0.4, 0.5) is 0 Å². The van der Waals surface area contributed by atoms with Crippen LogP contribution < -0.4 is 0 Å². The van der Waals surface area contributed by atoms with Gasteiger partial charge in [-0.05, 0) is 26.2 Å². The number of sulfonamides is 1. The molecule has 1 saturated heterocycles. The Labute approximate surface area is 124 Å². The van der Waals surface area contributed by atoms with Crippen molar-refractivity contribution in [1.29, 1.82) is 0 Å². The number of carbonyl (C=O) groups is 1. The molecule has 0 bridgehead atoms. The van der Waals surface area contributed by atoms with Crippen molar-refractivity contribution < 1.29 is 17.9 Å². The lowest BCUT2D eigenvalue weighted by molar-refractivity contribution is 0.0521. The molecule has 8 heteroatoms. The van der Waals surface area contributed by atoms with Gasteiger partial charge in [0.25, 0.3) is 10.0 Å². The molecule has 118 valence electrons. The molecule has 0 N–H and O–H groups in total. The molecular formula is C13H21N3O4S. The summed E-state index contributed by atoms with van der Waals surface area (Å²) in [5, 5.41) is 3.92. The molecule has 0 atom stereocenters. The number of rotatable bonds is 6. The fraction of sp³-hybridized carbons (Fsp3) is 0.692. The lowest BCUT2D eigenvalue weighted by Gasteiger charge is -2.14. The van der Waals surface area contributed by atoms with Gasteiger partial charge in [0.2, 0.25) is 5.03 Å². The third kappa shape index (κ3) is 3.26. The quantitative estimate of drug-likeness (QED) is 0.738. The molecule has 1 aromatic rings. The van der Waals surface area contributed by atoms with E-state index in [-0.39, 0.29) is 17.2 Å². The number of aromatic nitrogens is 2. The highest BCUT2D eigenvalue weighted by Crippen LogP contribution is 2.23. The Kier molecular flexibility index (Phi) is 5.00. The average Bonchev–Trinajstić information content (AvgIpc) is 3.09. The Morgan fingerprint density at radius 2 is 2.00 bits per heavy atom. The average molecular weight is 315 g/mol. The van der Waals surface area contributed by atoms with E-state index in [0.29, 0.717) is 19.6 Å². The minimum absolute atomic E-state index is 0.0252. The van der Waals surface area contributed by atoms with Crippen LogP contribution in [-0.4, -0.2) is 48.2 Å². The van der Waals surface area contributed by atoms with E-state index in [9.17, 15) is 13.2 Å². The molecule has 2 heterocycles. The molecule has 0 saturated carbocycles. The molecule has 1 aliphatic heterocycles. The maximum absolute atomic E-state index is 12.6. The van der Waals surface area contributed by atoms with Gasteiger partial charge in [-0.25, -0.2) is 13.2 Å². The van der Waals surface area contributed by atoms with Gasteiger partial charge in [-0.1, -0.05) is 6.92 Å². The lowest BCUT2D eigenvalue weighted by Crippen LogP contribution is -2.29. The Morgan fingerprint density at radius 3 is 2.57 bits per heavy atom. The highest BCUT2D eigenvalue weighted by Gasteiger charge is 2.34. The van der Waals surface area contributed by atoms with Crippen LogP contribution in [0.1, 0.15) is 43.5 Å². The summed E-state index contributed by atoms with van der Waals surface area (Å²) in [5.41, 5.74) is 0.0252. The molecule has 2 rings (SSSR count). The predicted molar refractivity (Wildman–Crippen MR) is 76.5 cm³/mol. The minimum atomic E-state index is -3.73. The first-order valence-corrected chi connectivity index (χ1v) is 8.69. The number of hydrogen-bond donors (Lipinski definition) is 0. The van der Waals surface area contributed by atoms with E-state index in [1.165, 1.54) is 15.2 Å². The zero-order valence-corrected chi connectivity index (χ0v) is 13.2. The Balaban J connectivity index is 2.42. The number of aryl methyl sites for hydroxylation is 1. The lowest BCUT2D eigenvalue weighted by atomic mass is 10.4. The second kappa shape index (κ2) is 6.57. The largest absolute Gasteiger partial charge is 0.462 e. The van der Waals surface area contributed by atoms with Crippen LogP contribution in [0.2, 0.25) is 0 Å². The van der Waals surface area contributed by atoms with E-state index in [0.717, 1.165) is 19.3 Å². The zero-order chi connectivity index (χ0) is 15.5. The summed E-state index contributed by atoms with van der Waals surface area (Å²) in [7, 11) is -3.73. The van der Waals surface area contributed by atoms with Crippen LogP contribution in [0, 0.1) is 0 Å². The number of nitrogens with zero attached hydrogens (tertiary/aromatic N) is 3. The van der Waals surface area contributed by atoms with Gasteiger partial charge in [0, 0.05) is 25.8 Å². The van der Waals surface area contributed by atoms with Crippen LogP contribution in [0.15, 0.2) is 11.2 Å². The summed E-state index contributed by atoms with van der Waals surface area (Å²) in [6.45, 7) is 5.35. The first-order valence-electron chi connectivity index (χ1n) is 7.25. The van der Waals surface area contributed by atoms with E-state index in [1.54, 1.807) is 6.92 Å². The molecule has 0 aromatic carbocycles. The molecule has 21 heavy (non-hydrogen) atoms. The summed E-state index contributed by atoms with van der Waals surface area (Å²) >= 11 is 0. The third-order valence-corrected chi connectivity index (χ3v) is 5.16. The molecule has 7 nitrogen and oxygen atoms in total. The molecule has 0 aliphatic carbocycles. The van der Waals surface area contributed by atoms with E-state index < -0.39 is 16.0 Å². The van der Waals surface area contributed by atoms with E-state index in [1.807, 2.05) is 6.92 Å².